The highest BCUT2D eigenvalue weighted by atomic mass is 32.2. The first-order chi connectivity index (χ1) is 9.33. The fraction of sp³-hybridized carbons (Fsp3) is 0.294. The third-order valence-electron chi connectivity index (χ3n) is 3.63. The van der Waals surface area contributed by atoms with Gasteiger partial charge in [0, 0.05) is 23.0 Å². The second kappa shape index (κ2) is 6.06. The summed E-state index contributed by atoms with van der Waals surface area (Å²) >= 11 is 4.02. The van der Waals surface area contributed by atoms with E-state index in [1.165, 1.54) is 27.8 Å². The molecule has 0 nitrogen and oxygen atoms in total. The summed E-state index contributed by atoms with van der Waals surface area (Å²) in [5.74, 6) is 4.45. The van der Waals surface area contributed by atoms with Gasteiger partial charge in [0.1, 0.15) is 0 Å². The average molecular weight is 286 g/mol. The van der Waals surface area contributed by atoms with Crippen LogP contribution in [0.3, 0.4) is 0 Å². The molecular formula is C17H18S2. The monoisotopic (exact) mass is 286 g/mol. The molecule has 0 fully saturated rings. The first kappa shape index (κ1) is 13.1. The van der Waals surface area contributed by atoms with Gasteiger partial charge in [0.25, 0.3) is 0 Å². The molecule has 2 aromatic carbocycles. The van der Waals surface area contributed by atoms with E-state index in [1.54, 1.807) is 0 Å². The zero-order valence-electron chi connectivity index (χ0n) is 11.2. The molecule has 2 heteroatoms. The maximum absolute atomic E-state index is 2.28. The Balaban J connectivity index is 1.89. The number of hydrogen-bond acceptors (Lipinski definition) is 2. The summed E-state index contributed by atoms with van der Waals surface area (Å²) < 4.78 is 0. The van der Waals surface area contributed by atoms with Gasteiger partial charge in [-0.2, -0.15) is 23.5 Å². The van der Waals surface area contributed by atoms with Crippen molar-refractivity contribution in [2.75, 3.05) is 0 Å². The standard InChI is InChI=1S/C17H18S2/c1-13-16-3-2-4-17(13)12-19-10-15-7-5-14(6-8-15)9-18-11-16/h2-8H,9-12H2,1H3. The molecule has 0 saturated heterocycles. The molecule has 0 aromatic heterocycles. The summed E-state index contributed by atoms with van der Waals surface area (Å²) in [6.45, 7) is 2.27. The lowest BCUT2D eigenvalue weighted by molar-refractivity contribution is 1.22. The quantitative estimate of drug-likeness (QED) is 0.655. The minimum atomic E-state index is 1.11. The Morgan fingerprint density at radius 1 is 0.684 bits per heavy atom. The fourth-order valence-corrected chi connectivity index (χ4v) is 4.46. The van der Waals surface area contributed by atoms with Crippen molar-refractivity contribution < 1.29 is 0 Å². The summed E-state index contributed by atoms with van der Waals surface area (Å²) in [6, 6.07) is 15.9. The van der Waals surface area contributed by atoms with Gasteiger partial charge in [0.2, 0.25) is 0 Å². The van der Waals surface area contributed by atoms with Gasteiger partial charge in [-0.1, -0.05) is 42.5 Å². The van der Waals surface area contributed by atoms with Gasteiger partial charge < -0.3 is 0 Å². The van der Waals surface area contributed by atoms with E-state index in [2.05, 4.69) is 49.4 Å². The van der Waals surface area contributed by atoms with Gasteiger partial charge in [-0.3, -0.25) is 0 Å². The molecule has 0 atom stereocenters. The van der Waals surface area contributed by atoms with E-state index in [-0.39, 0.29) is 0 Å². The zero-order chi connectivity index (χ0) is 13.1. The third-order valence-corrected chi connectivity index (χ3v) is 5.74. The van der Waals surface area contributed by atoms with E-state index >= 15 is 0 Å². The molecule has 2 aromatic rings. The van der Waals surface area contributed by atoms with Gasteiger partial charge in [-0.25, -0.2) is 0 Å². The van der Waals surface area contributed by atoms with Crippen LogP contribution in [0.1, 0.15) is 27.8 Å². The second-order valence-corrected chi connectivity index (χ2v) is 6.97. The summed E-state index contributed by atoms with van der Waals surface area (Å²) in [5, 5.41) is 0. The van der Waals surface area contributed by atoms with E-state index in [9.17, 15) is 0 Å². The molecule has 2 heterocycles. The van der Waals surface area contributed by atoms with Crippen molar-refractivity contribution in [1.82, 2.24) is 0 Å². The molecule has 4 rings (SSSR count). The van der Waals surface area contributed by atoms with Crippen LogP contribution in [-0.2, 0) is 23.0 Å². The molecular weight excluding hydrogens is 268 g/mol. The van der Waals surface area contributed by atoms with Crippen molar-refractivity contribution in [3.63, 3.8) is 0 Å². The van der Waals surface area contributed by atoms with Gasteiger partial charge in [-0.15, -0.1) is 0 Å². The van der Waals surface area contributed by atoms with Crippen molar-refractivity contribution in [3.05, 3.63) is 70.3 Å². The third kappa shape index (κ3) is 3.18. The molecule has 0 saturated carbocycles. The second-order valence-electron chi connectivity index (χ2n) is 5.00. The minimum absolute atomic E-state index is 1.11. The van der Waals surface area contributed by atoms with E-state index in [4.69, 9.17) is 0 Å². The number of hydrogen-bond donors (Lipinski definition) is 0. The van der Waals surface area contributed by atoms with Crippen LogP contribution in [0.25, 0.3) is 0 Å². The summed E-state index contributed by atoms with van der Waals surface area (Å²) in [6.07, 6.45) is 0. The van der Waals surface area contributed by atoms with Crippen molar-refractivity contribution in [3.8, 4) is 0 Å². The van der Waals surface area contributed by atoms with Crippen LogP contribution in [0.15, 0.2) is 42.5 Å². The van der Waals surface area contributed by atoms with Crippen LogP contribution >= 0.6 is 23.5 Å². The van der Waals surface area contributed by atoms with Crippen molar-refractivity contribution in [1.29, 1.82) is 0 Å². The minimum Gasteiger partial charge on any atom is -0.152 e. The molecule has 0 unspecified atom stereocenters. The molecule has 0 amide bonds. The first-order valence-electron chi connectivity index (χ1n) is 6.63. The van der Waals surface area contributed by atoms with Crippen molar-refractivity contribution in [2.45, 2.75) is 29.9 Å². The molecule has 0 aliphatic carbocycles. The predicted octanol–water partition coefficient (Wildman–Crippen LogP) is 5.18. The highest BCUT2D eigenvalue weighted by Gasteiger charge is 2.06. The Kier molecular flexibility index (Phi) is 4.19. The summed E-state index contributed by atoms with van der Waals surface area (Å²) in [5.41, 5.74) is 7.36. The molecule has 98 valence electrons. The van der Waals surface area contributed by atoms with Gasteiger partial charge in [0.05, 0.1) is 0 Å². The number of rotatable bonds is 0. The summed E-state index contributed by atoms with van der Waals surface area (Å²) in [4.78, 5) is 0. The molecule has 0 spiro atoms. The fourth-order valence-electron chi connectivity index (χ4n) is 2.34. The Morgan fingerprint density at radius 3 is 1.63 bits per heavy atom. The van der Waals surface area contributed by atoms with Gasteiger partial charge >= 0.3 is 0 Å². The molecule has 0 radical (unpaired) electrons. The maximum Gasteiger partial charge on any atom is 0.0190 e. The average Bonchev–Trinajstić information content (AvgIpc) is 2.44. The van der Waals surface area contributed by atoms with Crippen molar-refractivity contribution >= 4 is 23.5 Å². The zero-order valence-corrected chi connectivity index (χ0v) is 12.8. The Hall–Kier alpha value is -0.860. The SMILES string of the molecule is Cc1c2cccc1CSCc1ccc(cc1)CSC2. The lowest BCUT2D eigenvalue weighted by atomic mass is 10.1. The highest BCUT2D eigenvalue weighted by Crippen LogP contribution is 2.27. The molecule has 4 bridgehead atoms. The van der Waals surface area contributed by atoms with Crippen LogP contribution in [0.2, 0.25) is 0 Å². The Morgan fingerprint density at radius 2 is 1.16 bits per heavy atom. The molecule has 2 aliphatic heterocycles. The van der Waals surface area contributed by atoms with Gasteiger partial charge in [-0.05, 0) is 34.7 Å². The summed E-state index contributed by atoms with van der Waals surface area (Å²) in [7, 11) is 0. The van der Waals surface area contributed by atoms with Crippen LogP contribution in [0, 0.1) is 6.92 Å². The molecule has 19 heavy (non-hydrogen) atoms. The number of fused-ring (bicyclic) bond motifs is 6. The van der Waals surface area contributed by atoms with Crippen LogP contribution in [0.5, 0.6) is 0 Å². The smallest absolute Gasteiger partial charge is 0.0190 e. The maximum atomic E-state index is 2.28. The van der Waals surface area contributed by atoms with Crippen LogP contribution < -0.4 is 0 Å². The normalized spacial score (nSPS) is 15.4. The topological polar surface area (TPSA) is 0 Å². The molecule has 0 N–H and O–H groups in total. The highest BCUT2D eigenvalue weighted by molar-refractivity contribution is 7.98. The van der Waals surface area contributed by atoms with E-state index < -0.39 is 0 Å². The predicted molar refractivity (Wildman–Crippen MR) is 87.6 cm³/mol. The number of thioether (sulfide) groups is 2. The molecule has 2 aliphatic rings. The van der Waals surface area contributed by atoms with Crippen LogP contribution in [-0.4, -0.2) is 0 Å². The van der Waals surface area contributed by atoms with E-state index in [0.29, 0.717) is 0 Å². The van der Waals surface area contributed by atoms with E-state index in [1.807, 2.05) is 23.5 Å². The Labute approximate surface area is 124 Å². The van der Waals surface area contributed by atoms with Crippen molar-refractivity contribution in [2.24, 2.45) is 0 Å². The number of benzene rings is 2. The largest absolute Gasteiger partial charge is 0.152 e. The van der Waals surface area contributed by atoms with Gasteiger partial charge in [0.15, 0.2) is 0 Å². The Bertz CT molecular complexity index is 511. The van der Waals surface area contributed by atoms with Crippen LogP contribution in [0.4, 0.5) is 0 Å². The first-order valence-corrected chi connectivity index (χ1v) is 8.94. The lowest BCUT2D eigenvalue weighted by Crippen LogP contribution is -1.93. The van der Waals surface area contributed by atoms with E-state index in [0.717, 1.165) is 23.0 Å². The lowest BCUT2D eigenvalue weighted by Gasteiger charge is -2.10.